The van der Waals surface area contributed by atoms with Crippen molar-refractivity contribution in [2.45, 2.75) is 40.5 Å². The van der Waals surface area contributed by atoms with Gasteiger partial charge in [-0.15, -0.1) is 0 Å². The molecular formula is C31H30N3+. The molecule has 34 heavy (non-hydrogen) atoms. The Hall–Kier alpha value is -3.72. The van der Waals surface area contributed by atoms with Crippen LogP contribution in [-0.4, -0.2) is 9.38 Å². The van der Waals surface area contributed by atoms with Crippen LogP contribution in [0.2, 0.25) is 0 Å². The second-order valence-corrected chi connectivity index (χ2v) is 9.92. The van der Waals surface area contributed by atoms with Crippen LogP contribution in [0.5, 0.6) is 0 Å². The summed E-state index contributed by atoms with van der Waals surface area (Å²) in [7, 11) is 2.17. The predicted octanol–water partition coefficient (Wildman–Crippen LogP) is 7.33. The number of hydrogen-bond acceptors (Lipinski definition) is 1. The molecule has 0 spiro atoms. The zero-order chi connectivity index (χ0) is 23.7. The first kappa shape index (κ1) is 20.9. The molecule has 0 aliphatic carbocycles. The summed E-state index contributed by atoms with van der Waals surface area (Å²) in [5.74, 6) is 0.394. The summed E-state index contributed by atoms with van der Waals surface area (Å²) in [6.45, 7) is 11.2. The first-order chi connectivity index (χ1) is 16.4. The van der Waals surface area contributed by atoms with Crippen LogP contribution in [0.3, 0.4) is 0 Å². The minimum atomic E-state index is 0.394. The number of imidazole rings is 1. The third kappa shape index (κ3) is 2.76. The van der Waals surface area contributed by atoms with Crippen LogP contribution in [0.1, 0.15) is 42.0 Å². The smallest absolute Gasteiger partial charge is 0.247 e. The van der Waals surface area contributed by atoms with Gasteiger partial charge in [0, 0.05) is 5.56 Å². The summed E-state index contributed by atoms with van der Waals surface area (Å²) in [5, 5.41) is 2.49. The Bertz CT molecular complexity index is 1750. The van der Waals surface area contributed by atoms with Crippen molar-refractivity contribution in [1.29, 1.82) is 0 Å². The molecule has 3 aromatic heterocycles. The molecule has 168 valence electrons. The quantitative estimate of drug-likeness (QED) is 0.202. The van der Waals surface area contributed by atoms with Crippen molar-refractivity contribution < 1.29 is 4.57 Å². The molecule has 3 heteroatoms. The molecule has 0 N–H and O–H groups in total. The van der Waals surface area contributed by atoms with Crippen molar-refractivity contribution in [1.82, 2.24) is 9.38 Å². The highest BCUT2D eigenvalue weighted by Gasteiger charge is 2.27. The third-order valence-electron chi connectivity index (χ3n) is 7.37. The van der Waals surface area contributed by atoms with E-state index in [0.29, 0.717) is 5.92 Å². The first-order valence-electron chi connectivity index (χ1n) is 12.1. The lowest BCUT2D eigenvalue weighted by Crippen LogP contribution is -2.27. The number of aryl methyl sites for hydroxylation is 4. The summed E-state index contributed by atoms with van der Waals surface area (Å²) in [6, 6.07) is 24.2. The Kier molecular flexibility index (Phi) is 4.54. The standard InChI is InChI=1S/C31H30N3/c1-18(2)22-13-10-16-26-29(22)30-28(31-33(6)24-14-7-8-15-25(24)34(26)31)21(5)17-23(32-30)27-19(3)11-9-12-20(27)4/h7-18H,1-6H3/q+1. The van der Waals surface area contributed by atoms with Gasteiger partial charge in [0.15, 0.2) is 11.0 Å². The molecule has 0 bridgehead atoms. The zero-order valence-corrected chi connectivity index (χ0v) is 20.8. The summed E-state index contributed by atoms with van der Waals surface area (Å²) in [5.41, 5.74) is 13.4. The van der Waals surface area contributed by atoms with Crippen LogP contribution in [0, 0.1) is 20.8 Å². The molecule has 0 saturated carbocycles. The van der Waals surface area contributed by atoms with Crippen LogP contribution in [0.4, 0.5) is 0 Å². The van der Waals surface area contributed by atoms with Crippen molar-refractivity contribution in [2.24, 2.45) is 7.05 Å². The van der Waals surface area contributed by atoms with Gasteiger partial charge in [-0.05, 0) is 73.2 Å². The van der Waals surface area contributed by atoms with Gasteiger partial charge in [0.2, 0.25) is 0 Å². The van der Waals surface area contributed by atoms with Crippen LogP contribution in [0.25, 0.3) is 49.7 Å². The van der Waals surface area contributed by atoms with Gasteiger partial charge >= 0.3 is 0 Å². The fourth-order valence-corrected chi connectivity index (χ4v) is 5.80. The highest BCUT2D eigenvalue weighted by molar-refractivity contribution is 6.13. The maximum Gasteiger partial charge on any atom is 0.297 e. The van der Waals surface area contributed by atoms with Crippen molar-refractivity contribution in [2.75, 3.05) is 0 Å². The lowest BCUT2D eigenvalue weighted by Gasteiger charge is -2.15. The van der Waals surface area contributed by atoms with Crippen molar-refractivity contribution in [3.05, 3.63) is 89.0 Å². The highest BCUT2D eigenvalue weighted by atomic mass is 15.1. The largest absolute Gasteiger partial charge is 0.297 e. The number of pyridine rings is 2. The second kappa shape index (κ2) is 7.39. The number of rotatable bonds is 2. The fourth-order valence-electron chi connectivity index (χ4n) is 5.80. The van der Waals surface area contributed by atoms with Gasteiger partial charge in [0.1, 0.15) is 5.52 Å². The van der Waals surface area contributed by atoms with Crippen LogP contribution in [-0.2, 0) is 7.05 Å². The monoisotopic (exact) mass is 444 g/mol. The Morgan fingerprint density at radius 1 is 0.765 bits per heavy atom. The van der Waals surface area contributed by atoms with E-state index in [1.54, 1.807) is 0 Å². The van der Waals surface area contributed by atoms with Gasteiger partial charge in [0.25, 0.3) is 5.65 Å². The van der Waals surface area contributed by atoms with E-state index in [9.17, 15) is 0 Å². The maximum absolute atomic E-state index is 5.43. The van der Waals surface area contributed by atoms with E-state index in [0.717, 1.165) is 11.2 Å². The molecule has 0 atom stereocenters. The summed E-state index contributed by atoms with van der Waals surface area (Å²) in [4.78, 5) is 5.43. The molecule has 0 unspecified atom stereocenters. The molecule has 0 aliphatic heterocycles. The Balaban J connectivity index is 1.93. The normalized spacial score (nSPS) is 12.1. The molecule has 6 rings (SSSR count). The zero-order valence-electron chi connectivity index (χ0n) is 20.8. The molecule has 3 nitrogen and oxygen atoms in total. The SMILES string of the molecule is Cc1cccc(C)c1-c1cc(C)c2c(n1)c1c(C(C)C)cccc1n1c3ccccc3[n+](C)c21. The average molecular weight is 445 g/mol. The highest BCUT2D eigenvalue weighted by Crippen LogP contribution is 2.38. The Labute approximate surface area is 200 Å². The van der Waals surface area contributed by atoms with Crippen LogP contribution in [0.15, 0.2) is 66.7 Å². The van der Waals surface area contributed by atoms with E-state index in [-0.39, 0.29) is 0 Å². The Morgan fingerprint density at radius 3 is 2.18 bits per heavy atom. The minimum absolute atomic E-state index is 0.394. The summed E-state index contributed by atoms with van der Waals surface area (Å²) >= 11 is 0. The molecule has 3 aromatic carbocycles. The lowest BCUT2D eigenvalue weighted by atomic mass is 9.94. The van der Waals surface area contributed by atoms with Gasteiger partial charge in [-0.3, -0.25) is 0 Å². The minimum Gasteiger partial charge on any atom is -0.247 e. The molecule has 0 aliphatic rings. The van der Waals surface area contributed by atoms with Gasteiger partial charge in [-0.2, -0.15) is 4.40 Å². The average Bonchev–Trinajstić information content (AvgIpc) is 3.11. The number of fused-ring (bicyclic) bond motifs is 8. The van der Waals surface area contributed by atoms with Crippen LogP contribution >= 0.6 is 0 Å². The number of aromatic nitrogens is 3. The fraction of sp³-hybridized carbons (Fsp3) is 0.226. The van der Waals surface area contributed by atoms with E-state index in [4.69, 9.17) is 4.98 Å². The van der Waals surface area contributed by atoms with Crippen molar-refractivity contribution in [3.63, 3.8) is 0 Å². The topological polar surface area (TPSA) is 21.2 Å². The van der Waals surface area contributed by atoms with Gasteiger partial charge in [-0.25, -0.2) is 9.55 Å². The molecule has 0 fully saturated rings. The summed E-state index contributed by atoms with van der Waals surface area (Å²) < 4.78 is 4.76. The first-order valence-corrected chi connectivity index (χ1v) is 12.1. The summed E-state index contributed by atoms with van der Waals surface area (Å²) in [6.07, 6.45) is 0. The number of para-hydroxylation sites is 2. The maximum atomic E-state index is 5.43. The van der Waals surface area contributed by atoms with E-state index in [1.807, 2.05) is 0 Å². The van der Waals surface area contributed by atoms with Gasteiger partial charge < -0.3 is 0 Å². The number of benzene rings is 3. The Morgan fingerprint density at radius 2 is 1.44 bits per heavy atom. The van der Waals surface area contributed by atoms with Crippen LogP contribution < -0.4 is 4.57 Å². The van der Waals surface area contributed by atoms with E-state index < -0.39 is 0 Å². The molecule has 0 saturated heterocycles. The van der Waals surface area contributed by atoms with Gasteiger partial charge in [-0.1, -0.05) is 56.3 Å². The number of hydrogen-bond donors (Lipinski definition) is 0. The van der Waals surface area contributed by atoms with E-state index in [1.165, 1.54) is 60.8 Å². The predicted molar refractivity (Wildman–Crippen MR) is 143 cm³/mol. The van der Waals surface area contributed by atoms with Crippen molar-refractivity contribution >= 4 is 38.5 Å². The molecule has 0 radical (unpaired) electrons. The molecule has 0 amide bonds. The molecular weight excluding hydrogens is 414 g/mol. The van der Waals surface area contributed by atoms with Gasteiger partial charge in [0.05, 0.1) is 29.0 Å². The molecule has 3 heterocycles. The lowest BCUT2D eigenvalue weighted by molar-refractivity contribution is -0.617. The van der Waals surface area contributed by atoms with Crippen molar-refractivity contribution in [3.8, 4) is 11.3 Å². The van der Waals surface area contributed by atoms with E-state index >= 15 is 0 Å². The second-order valence-electron chi connectivity index (χ2n) is 9.92. The molecule has 6 aromatic rings. The van der Waals surface area contributed by atoms with E-state index in [2.05, 4.69) is 117 Å². The third-order valence-corrected chi connectivity index (χ3v) is 7.37. The number of nitrogens with zero attached hydrogens (tertiary/aromatic N) is 3.